The maximum Gasteiger partial charge on any atom is 0 e. The van der Waals surface area contributed by atoms with E-state index in [9.17, 15) is 0 Å². The van der Waals surface area contributed by atoms with Crippen molar-refractivity contribution in [3.8, 4) is 0 Å². The molecule has 3 heteroatoms. The molecule has 0 unspecified atom stereocenters. The number of unbranched alkanes of at least 4 members (excludes halogenated alkanes) is 2. The summed E-state index contributed by atoms with van der Waals surface area (Å²) in [4.78, 5) is 0. The maximum atomic E-state index is 2.37. The first-order chi connectivity index (χ1) is 9.35. The van der Waals surface area contributed by atoms with Crippen LogP contribution in [-0.2, 0) is 25.8 Å². The molecule has 0 saturated carbocycles. The molecule has 0 aromatic heterocycles. The second-order valence-corrected chi connectivity index (χ2v) is 5.85. The number of hydrogen-bond acceptors (Lipinski definition) is 0. The Morgan fingerprint density at radius 2 is 1.18 bits per heavy atom. The van der Waals surface area contributed by atoms with Gasteiger partial charge in [-0.3, -0.25) is 0 Å². The summed E-state index contributed by atoms with van der Waals surface area (Å²) < 4.78 is 0. The maximum absolute atomic E-state index is 2.37. The quantitative estimate of drug-likeness (QED) is 0.307. The summed E-state index contributed by atoms with van der Waals surface area (Å²) in [5.74, 6) is 0. The van der Waals surface area contributed by atoms with Crippen LogP contribution in [-0.4, -0.2) is 0 Å². The zero-order valence-corrected chi connectivity index (χ0v) is 19.2. The van der Waals surface area contributed by atoms with Crippen molar-refractivity contribution in [1.82, 2.24) is 0 Å². The summed E-state index contributed by atoms with van der Waals surface area (Å²) in [7, 11) is 0. The Bertz CT molecular complexity index is 391. The predicted molar refractivity (Wildman–Crippen MR) is 99.7 cm³/mol. The molecule has 22 heavy (non-hydrogen) atoms. The third kappa shape index (κ3) is 7.32. The number of rotatable bonds is 8. The molecule has 0 saturated heterocycles. The molecule has 0 atom stereocenters. The van der Waals surface area contributed by atoms with Crippen LogP contribution in [0.1, 0.15) is 71.6 Å². The Hall–Kier alpha value is 0.410. The molecular weight excluding hydrogens is 478 g/mol. The van der Waals surface area contributed by atoms with E-state index in [1.807, 2.05) is 0 Å². The Labute approximate surface area is 168 Å². The van der Waals surface area contributed by atoms with Crippen molar-refractivity contribution in [1.29, 1.82) is 0 Å². The summed E-state index contributed by atoms with van der Waals surface area (Å²) in [6.45, 7) is 4.57. The van der Waals surface area contributed by atoms with Crippen LogP contribution in [0.15, 0.2) is 46.6 Å². The number of halogens is 2. The molecule has 0 bridgehead atoms. The first-order valence-corrected chi connectivity index (χ1v) is 8.10. The standard InChI is InChI=1S/C19H28.2ClH.Hf/c1-3-5-9-16-11-7-13-18(16)15-19-14-8-12-17(19)10-6-4-2;;;/h7-8,11-12H,3-6,9-10,13-15H2,1-2H3;2*1H;. The molecule has 0 aromatic rings. The van der Waals surface area contributed by atoms with E-state index in [2.05, 4.69) is 38.2 Å². The van der Waals surface area contributed by atoms with Gasteiger partial charge in [0.25, 0.3) is 0 Å². The summed E-state index contributed by atoms with van der Waals surface area (Å²) in [5.41, 5.74) is 6.66. The molecule has 0 fully saturated rings. The van der Waals surface area contributed by atoms with E-state index in [0.29, 0.717) is 0 Å². The fraction of sp³-hybridized carbons (Fsp3) is 0.579. The largest absolute Gasteiger partial charge is 0.147 e. The van der Waals surface area contributed by atoms with Crippen molar-refractivity contribution in [3.63, 3.8) is 0 Å². The smallest absolute Gasteiger partial charge is 0 e. The van der Waals surface area contributed by atoms with Crippen molar-refractivity contribution in [3.05, 3.63) is 46.6 Å². The molecule has 124 valence electrons. The van der Waals surface area contributed by atoms with Crippen molar-refractivity contribution in [2.45, 2.75) is 71.6 Å². The van der Waals surface area contributed by atoms with E-state index in [-0.39, 0.29) is 50.7 Å². The van der Waals surface area contributed by atoms with Crippen LogP contribution in [0.3, 0.4) is 0 Å². The molecule has 0 N–H and O–H groups in total. The third-order valence-corrected chi connectivity index (χ3v) is 4.30. The minimum Gasteiger partial charge on any atom is -0.147 e. The van der Waals surface area contributed by atoms with Gasteiger partial charge in [-0.2, -0.15) is 0 Å². The topological polar surface area (TPSA) is 0 Å². The molecule has 0 amide bonds. The molecule has 2 rings (SSSR count). The van der Waals surface area contributed by atoms with Gasteiger partial charge in [-0.25, -0.2) is 0 Å². The molecule has 0 spiro atoms. The van der Waals surface area contributed by atoms with Crippen molar-refractivity contribution in [2.24, 2.45) is 0 Å². The zero-order chi connectivity index (χ0) is 13.5. The Balaban J connectivity index is 0. The van der Waals surface area contributed by atoms with Crippen molar-refractivity contribution in [2.75, 3.05) is 0 Å². The van der Waals surface area contributed by atoms with Crippen LogP contribution in [0.5, 0.6) is 0 Å². The van der Waals surface area contributed by atoms with Crippen LogP contribution in [0.2, 0.25) is 0 Å². The van der Waals surface area contributed by atoms with Gasteiger partial charge in [0, 0.05) is 25.8 Å². The van der Waals surface area contributed by atoms with Crippen LogP contribution in [0.4, 0.5) is 0 Å². The van der Waals surface area contributed by atoms with Gasteiger partial charge in [0.1, 0.15) is 0 Å². The number of allylic oxidation sites excluding steroid dienone is 8. The van der Waals surface area contributed by atoms with E-state index < -0.39 is 0 Å². The van der Waals surface area contributed by atoms with Crippen LogP contribution < -0.4 is 0 Å². The first kappa shape index (κ1) is 24.7. The van der Waals surface area contributed by atoms with Gasteiger partial charge in [0.2, 0.25) is 0 Å². The molecule has 2 aliphatic carbocycles. The van der Waals surface area contributed by atoms with Gasteiger partial charge in [0.15, 0.2) is 0 Å². The van der Waals surface area contributed by atoms with E-state index >= 15 is 0 Å². The Morgan fingerprint density at radius 1 is 0.773 bits per heavy atom. The summed E-state index contributed by atoms with van der Waals surface area (Å²) in [6, 6.07) is 0. The summed E-state index contributed by atoms with van der Waals surface area (Å²) >= 11 is 0. The molecule has 2 aliphatic rings. The summed E-state index contributed by atoms with van der Waals surface area (Å²) in [5, 5.41) is 0. The van der Waals surface area contributed by atoms with Gasteiger partial charge in [-0.15, -0.1) is 24.8 Å². The normalized spacial score (nSPS) is 15.7. The fourth-order valence-corrected chi connectivity index (χ4v) is 3.07. The average Bonchev–Trinajstić information content (AvgIpc) is 3.04. The van der Waals surface area contributed by atoms with E-state index in [4.69, 9.17) is 0 Å². The second-order valence-electron chi connectivity index (χ2n) is 5.85. The number of hydrogen-bond donors (Lipinski definition) is 0. The molecule has 0 nitrogen and oxygen atoms in total. The van der Waals surface area contributed by atoms with Gasteiger partial charge < -0.3 is 0 Å². The minimum absolute atomic E-state index is 0. The molecule has 0 aromatic carbocycles. The van der Waals surface area contributed by atoms with E-state index in [0.717, 1.165) is 0 Å². The second kappa shape index (κ2) is 13.8. The first-order valence-electron chi connectivity index (χ1n) is 8.10. The predicted octanol–water partition coefficient (Wildman–Crippen LogP) is 7.11. The molecular formula is C19H30Cl2Hf. The zero-order valence-electron chi connectivity index (χ0n) is 14.0. The van der Waals surface area contributed by atoms with Crippen LogP contribution in [0, 0.1) is 0 Å². The molecule has 0 heterocycles. The Morgan fingerprint density at radius 3 is 1.55 bits per heavy atom. The van der Waals surface area contributed by atoms with Gasteiger partial charge in [-0.1, -0.05) is 62.1 Å². The van der Waals surface area contributed by atoms with Gasteiger partial charge in [-0.05, 0) is 56.1 Å². The SMILES string of the molecule is CCCCC1=C(CC2=C(CCCC)C=CC2)CC=C1.Cl.Cl.[Hf]. The Kier molecular flexibility index (Phi) is 15.5. The minimum atomic E-state index is 0. The monoisotopic (exact) mass is 508 g/mol. The van der Waals surface area contributed by atoms with Crippen molar-refractivity contribution < 1.29 is 25.8 Å². The molecule has 0 radical (unpaired) electrons. The van der Waals surface area contributed by atoms with Gasteiger partial charge >= 0.3 is 0 Å². The van der Waals surface area contributed by atoms with Gasteiger partial charge in [0.05, 0.1) is 0 Å². The van der Waals surface area contributed by atoms with Crippen molar-refractivity contribution >= 4 is 24.8 Å². The average molecular weight is 508 g/mol. The third-order valence-electron chi connectivity index (χ3n) is 4.30. The fourth-order valence-electron chi connectivity index (χ4n) is 3.07. The van der Waals surface area contributed by atoms with Crippen LogP contribution in [0.25, 0.3) is 0 Å². The van der Waals surface area contributed by atoms with E-state index in [1.165, 1.54) is 57.8 Å². The molecule has 0 aliphatic heterocycles. The van der Waals surface area contributed by atoms with E-state index in [1.54, 1.807) is 22.3 Å². The summed E-state index contributed by atoms with van der Waals surface area (Å²) in [6.07, 6.45) is 20.9. The van der Waals surface area contributed by atoms with Crippen LogP contribution >= 0.6 is 24.8 Å².